The number of aliphatic carboxylic acids is 2. The Morgan fingerprint density at radius 3 is 1.29 bits per heavy atom. The van der Waals surface area contributed by atoms with Crippen molar-refractivity contribution in [3.05, 3.63) is 97.1 Å². The third-order valence-corrected chi connectivity index (χ3v) is 6.72. The SMILES string of the molecule is O=C(O)COc1c(-c2ccc3c(ccc4ccccc43)c2OCC(=O)O)ccc2c1ccc1ccccc12. The van der Waals surface area contributed by atoms with E-state index < -0.39 is 25.2 Å². The predicted octanol–water partition coefficient (Wildman–Crippen LogP) is 6.89. The summed E-state index contributed by atoms with van der Waals surface area (Å²) in [5, 5.41) is 26.3. The van der Waals surface area contributed by atoms with E-state index in [1.807, 2.05) is 97.1 Å². The van der Waals surface area contributed by atoms with Gasteiger partial charge in [0.15, 0.2) is 13.2 Å². The minimum atomic E-state index is -1.10. The quantitative estimate of drug-likeness (QED) is 0.231. The van der Waals surface area contributed by atoms with Gasteiger partial charge in [-0.3, -0.25) is 0 Å². The maximum absolute atomic E-state index is 11.5. The highest BCUT2D eigenvalue weighted by molar-refractivity contribution is 6.14. The number of carboxylic acid groups (broad SMARTS) is 2. The van der Waals surface area contributed by atoms with Crippen molar-refractivity contribution in [3.63, 3.8) is 0 Å². The van der Waals surface area contributed by atoms with Crippen molar-refractivity contribution < 1.29 is 29.3 Å². The third-order valence-electron chi connectivity index (χ3n) is 6.72. The highest BCUT2D eigenvalue weighted by Gasteiger charge is 2.20. The number of hydrogen-bond donors (Lipinski definition) is 2. The highest BCUT2D eigenvalue weighted by Crippen LogP contribution is 2.46. The van der Waals surface area contributed by atoms with Gasteiger partial charge in [0.25, 0.3) is 0 Å². The van der Waals surface area contributed by atoms with Gasteiger partial charge in [0.2, 0.25) is 0 Å². The van der Waals surface area contributed by atoms with Crippen LogP contribution in [0.3, 0.4) is 0 Å². The smallest absolute Gasteiger partial charge is 0.341 e. The van der Waals surface area contributed by atoms with Crippen LogP contribution in [0.15, 0.2) is 97.1 Å². The van der Waals surface area contributed by atoms with Crippen LogP contribution in [0.4, 0.5) is 0 Å². The predicted molar refractivity (Wildman–Crippen MR) is 148 cm³/mol. The lowest BCUT2D eigenvalue weighted by Crippen LogP contribution is -2.11. The lowest BCUT2D eigenvalue weighted by atomic mass is 9.93. The van der Waals surface area contributed by atoms with Crippen molar-refractivity contribution in [2.24, 2.45) is 0 Å². The fourth-order valence-corrected chi connectivity index (χ4v) is 5.12. The minimum Gasteiger partial charge on any atom is -0.481 e. The summed E-state index contributed by atoms with van der Waals surface area (Å²) < 4.78 is 11.8. The number of ether oxygens (including phenoxy) is 2. The normalized spacial score (nSPS) is 11.3. The molecule has 0 saturated carbocycles. The standard InChI is InChI=1S/C32H22O6/c33-29(34)17-37-31-25-11-9-19-5-1-3-7-21(19)23(25)13-15-27(31)28-16-14-24-22-8-4-2-6-20(22)10-12-26(24)32(28)38-18-30(35)36/h1-16H,17-18H2,(H,33,34)(H,35,36). The first-order chi connectivity index (χ1) is 18.5. The van der Waals surface area contributed by atoms with Gasteiger partial charge in [-0.25, -0.2) is 9.59 Å². The second-order valence-electron chi connectivity index (χ2n) is 9.01. The van der Waals surface area contributed by atoms with Crippen LogP contribution < -0.4 is 9.47 Å². The first kappa shape index (κ1) is 23.3. The highest BCUT2D eigenvalue weighted by atomic mass is 16.5. The molecule has 0 aromatic heterocycles. The summed E-state index contributed by atoms with van der Waals surface area (Å²) in [5.74, 6) is -1.39. The van der Waals surface area contributed by atoms with Crippen LogP contribution in [0.1, 0.15) is 0 Å². The molecule has 0 heterocycles. The van der Waals surface area contributed by atoms with Crippen LogP contribution in [0.25, 0.3) is 54.2 Å². The molecule has 0 fully saturated rings. The van der Waals surface area contributed by atoms with Crippen molar-refractivity contribution in [2.45, 2.75) is 0 Å². The summed E-state index contributed by atoms with van der Waals surface area (Å²) in [6.45, 7) is -1.05. The van der Waals surface area contributed by atoms with E-state index in [1.165, 1.54) is 0 Å². The van der Waals surface area contributed by atoms with E-state index >= 15 is 0 Å². The van der Waals surface area contributed by atoms with Gasteiger partial charge < -0.3 is 19.7 Å². The van der Waals surface area contributed by atoms with Gasteiger partial charge in [-0.05, 0) is 56.6 Å². The van der Waals surface area contributed by atoms with Crippen LogP contribution >= 0.6 is 0 Å². The molecular formula is C32H22O6. The molecule has 0 atom stereocenters. The Kier molecular flexibility index (Phi) is 5.77. The molecule has 2 N–H and O–H groups in total. The van der Waals surface area contributed by atoms with Crippen molar-refractivity contribution >= 4 is 55.0 Å². The Morgan fingerprint density at radius 1 is 0.474 bits per heavy atom. The molecule has 6 nitrogen and oxygen atoms in total. The van der Waals surface area contributed by atoms with Crippen molar-refractivity contribution in [2.75, 3.05) is 13.2 Å². The van der Waals surface area contributed by atoms with E-state index in [4.69, 9.17) is 9.47 Å². The molecule has 6 rings (SSSR count). The molecule has 0 bridgehead atoms. The average Bonchev–Trinajstić information content (AvgIpc) is 2.94. The zero-order valence-corrected chi connectivity index (χ0v) is 20.2. The summed E-state index contributed by atoms with van der Waals surface area (Å²) >= 11 is 0. The molecule has 0 unspecified atom stereocenters. The number of benzene rings is 6. The minimum absolute atomic E-state index is 0.399. The van der Waals surface area contributed by atoms with E-state index in [2.05, 4.69) is 0 Å². The number of hydrogen-bond acceptors (Lipinski definition) is 4. The molecule has 6 aromatic carbocycles. The van der Waals surface area contributed by atoms with Gasteiger partial charge in [-0.1, -0.05) is 72.8 Å². The first-order valence-electron chi connectivity index (χ1n) is 12.1. The second-order valence-corrected chi connectivity index (χ2v) is 9.01. The zero-order valence-electron chi connectivity index (χ0n) is 20.2. The van der Waals surface area contributed by atoms with Crippen molar-refractivity contribution in [3.8, 4) is 22.6 Å². The van der Waals surface area contributed by atoms with Crippen molar-refractivity contribution in [1.82, 2.24) is 0 Å². The van der Waals surface area contributed by atoms with Gasteiger partial charge in [0, 0.05) is 21.9 Å². The molecule has 0 radical (unpaired) electrons. The van der Waals surface area contributed by atoms with Gasteiger partial charge in [-0.15, -0.1) is 0 Å². The lowest BCUT2D eigenvalue weighted by Gasteiger charge is -2.19. The number of fused-ring (bicyclic) bond motifs is 6. The van der Waals surface area contributed by atoms with Crippen LogP contribution in [0.5, 0.6) is 11.5 Å². The molecule has 0 saturated heterocycles. The monoisotopic (exact) mass is 502 g/mol. The molecule has 0 aliphatic carbocycles. The largest absolute Gasteiger partial charge is 0.481 e. The van der Waals surface area contributed by atoms with Gasteiger partial charge in [0.05, 0.1) is 0 Å². The van der Waals surface area contributed by atoms with Gasteiger partial charge in [0.1, 0.15) is 11.5 Å². The molecule has 0 aliphatic rings. The Bertz CT molecular complexity index is 1750. The van der Waals surface area contributed by atoms with Crippen LogP contribution in [-0.2, 0) is 9.59 Å². The fourth-order valence-electron chi connectivity index (χ4n) is 5.12. The Morgan fingerprint density at radius 2 is 0.868 bits per heavy atom. The average molecular weight is 503 g/mol. The maximum Gasteiger partial charge on any atom is 0.341 e. The molecule has 6 aromatic rings. The van der Waals surface area contributed by atoms with E-state index in [0.717, 1.165) is 43.1 Å². The first-order valence-corrected chi connectivity index (χ1v) is 12.1. The number of rotatable bonds is 7. The number of carboxylic acids is 2. The Labute approximate surface area is 217 Å². The molecule has 6 heteroatoms. The zero-order chi connectivity index (χ0) is 26.2. The molecule has 0 aliphatic heterocycles. The summed E-state index contributed by atoms with van der Waals surface area (Å²) in [4.78, 5) is 23.0. The molecule has 38 heavy (non-hydrogen) atoms. The fraction of sp³-hybridized carbons (Fsp3) is 0.0625. The molecule has 186 valence electrons. The summed E-state index contributed by atoms with van der Waals surface area (Å²) in [6.07, 6.45) is 0. The van der Waals surface area contributed by atoms with Crippen molar-refractivity contribution in [1.29, 1.82) is 0 Å². The topological polar surface area (TPSA) is 93.1 Å². The van der Waals surface area contributed by atoms with Gasteiger partial charge >= 0.3 is 11.9 Å². The Balaban J connectivity index is 1.65. The Hall–Kier alpha value is -5.10. The maximum atomic E-state index is 11.5. The van der Waals surface area contributed by atoms with E-state index in [-0.39, 0.29) is 0 Å². The summed E-state index contributed by atoms with van der Waals surface area (Å²) in [6, 6.07) is 31.4. The molecular weight excluding hydrogens is 480 g/mol. The van der Waals surface area contributed by atoms with E-state index in [0.29, 0.717) is 22.6 Å². The van der Waals surface area contributed by atoms with Crippen LogP contribution in [-0.4, -0.2) is 35.4 Å². The van der Waals surface area contributed by atoms with E-state index in [1.54, 1.807) is 0 Å². The second kappa shape index (κ2) is 9.41. The van der Waals surface area contributed by atoms with Crippen LogP contribution in [0, 0.1) is 0 Å². The molecule has 0 spiro atoms. The summed E-state index contributed by atoms with van der Waals surface area (Å²) in [5.41, 5.74) is 1.23. The van der Waals surface area contributed by atoms with Crippen LogP contribution in [0.2, 0.25) is 0 Å². The third kappa shape index (κ3) is 4.02. The lowest BCUT2D eigenvalue weighted by molar-refractivity contribution is -0.140. The van der Waals surface area contributed by atoms with E-state index in [9.17, 15) is 19.8 Å². The summed E-state index contributed by atoms with van der Waals surface area (Å²) in [7, 11) is 0. The van der Waals surface area contributed by atoms with Gasteiger partial charge in [-0.2, -0.15) is 0 Å². The number of carbonyl (C=O) groups is 2. The molecule has 0 amide bonds.